The van der Waals surface area contributed by atoms with Crippen molar-refractivity contribution in [3.8, 4) is 11.1 Å². The summed E-state index contributed by atoms with van der Waals surface area (Å²) in [5.74, 6) is 0. The molecule has 4 N–H and O–H groups in total. The maximum Gasteiger partial charge on any atom is 0.138 e. The van der Waals surface area contributed by atoms with Gasteiger partial charge in [0.25, 0.3) is 0 Å². The molecule has 0 saturated heterocycles. The number of aromatic amines is 1. The first-order chi connectivity index (χ1) is 17.2. The number of nitrogens with zero attached hydrogens (tertiary/aromatic N) is 4. The largest absolute Gasteiger partial charge is 0.368 e. The molecule has 0 bridgehead atoms. The van der Waals surface area contributed by atoms with Gasteiger partial charge in [0.1, 0.15) is 5.65 Å². The molecule has 2 aliphatic rings. The highest BCUT2D eigenvalue weighted by Gasteiger charge is 2.16. The van der Waals surface area contributed by atoms with Crippen LogP contribution in [0.15, 0.2) is 78.5 Å². The average molecular weight is 459 g/mol. The number of H-pyrrole nitrogens is 1. The minimum Gasteiger partial charge on any atom is -0.368 e. The molecule has 8 heteroatoms. The van der Waals surface area contributed by atoms with Crippen molar-refractivity contribution in [3.63, 3.8) is 0 Å². The van der Waals surface area contributed by atoms with E-state index >= 15 is 0 Å². The summed E-state index contributed by atoms with van der Waals surface area (Å²) in [6.45, 7) is 2.36. The highest BCUT2D eigenvalue weighted by atomic mass is 15.0. The lowest BCUT2D eigenvalue weighted by Crippen LogP contribution is -2.20. The Bertz CT molecular complexity index is 1740. The van der Waals surface area contributed by atoms with Gasteiger partial charge in [-0.25, -0.2) is 4.98 Å². The van der Waals surface area contributed by atoms with Crippen LogP contribution in [0.25, 0.3) is 33.4 Å². The Morgan fingerprint density at radius 3 is 2.66 bits per heavy atom. The SMILES string of the molecule is Cc1cc(=N)cc(-c2cnc3c(c2)/C(=c2\cc4c(=C5C=CNC=C5)ccnc4[nH]2)NC=NC3)cn1. The number of hydrogen-bond acceptors (Lipinski definition) is 7. The van der Waals surface area contributed by atoms with Gasteiger partial charge in [-0.05, 0) is 60.2 Å². The van der Waals surface area contributed by atoms with Gasteiger partial charge in [0.15, 0.2) is 0 Å². The fourth-order valence-electron chi connectivity index (χ4n) is 4.35. The molecule has 35 heavy (non-hydrogen) atoms. The Kier molecular flexibility index (Phi) is 5.03. The first-order valence-electron chi connectivity index (χ1n) is 11.2. The van der Waals surface area contributed by atoms with Gasteiger partial charge >= 0.3 is 0 Å². The number of hydrogen-bond donors (Lipinski definition) is 4. The van der Waals surface area contributed by atoms with Crippen LogP contribution in [-0.2, 0) is 6.54 Å². The zero-order valence-electron chi connectivity index (χ0n) is 19.0. The minimum absolute atomic E-state index is 0.406. The third-order valence-electron chi connectivity index (χ3n) is 6.03. The van der Waals surface area contributed by atoms with E-state index in [-0.39, 0.29) is 0 Å². The van der Waals surface area contributed by atoms with Crippen molar-refractivity contribution < 1.29 is 0 Å². The maximum atomic E-state index is 8.18. The van der Waals surface area contributed by atoms with Crippen molar-refractivity contribution in [2.75, 3.05) is 0 Å². The van der Waals surface area contributed by atoms with Gasteiger partial charge in [0, 0.05) is 58.8 Å². The van der Waals surface area contributed by atoms with Crippen LogP contribution in [-0.4, -0.2) is 26.3 Å². The second-order valence-corrected chi connectivity index (χ2v) is 8.40. The molecule has 4 aromatic heterocycles. The van der Waals surface area contributed by atoms with Crippen LogP contribution in [0.3, 0.4) is 0 Å². The number of aryl methyl sites for hydroxylation is 1. The van der Waals surface area contributed by atoms with E-state index in [1.165, 1.54) is 0 Å². The van der Waals surface area contributed by atoms with E-state index < -0.39 is 0 Å². The number of allylic oxidation sites excluding steroid dienone is 2. The van der Waals surface area contributed by atoms with Crippen molar-refractivity contribution in [2.24, 2.45) is 4.99 Å². The fourth-order valence-corrected chi connectivity index (χ4v) is 4.35. The van der Waals surface area contributed by atoms with E-state index in [1.54, 1.807) is 24.7 Å². The molecule has 8 nitrogen and oxygen atoms in total. The average Bonchev–Trinajstić information content (AvgIpc) is 3.09. The van der Waals surface area contributed by atoms with Crippen LogP contribution >= 0.6 is 0 Å². The van der Waals surface area contributed by atoms with Crippen molar-refractivity contribution in [3.05, 3.63) is 106 Å². The molecule has 170 valence electrons. The van der Waals surface area contributed by atoms with Gasteiger partial charge in [-0.2, -0.15) is 0 Å². The minimum atomic E-state index is 0.406. The number of aliphatic imine (C=N–C) groups is 1. The molecule has 6 rings (SSSR count). The summed E-state index contributed by atoms with van der Waals surface area (Å²) in [7, 11) is 0. The van der Waals surface area contributed by atoms with Crippen LogP contribution < -0.4 is 26.6 Å². The van der Waals surface area contributed by atoms with E-state index in [9.17, 15) is 0 Å². The van der Waals surface area contributed by atoms with Crippen LogP contribution in [0.5, 0.6) is 0 Å². The highest BCUT2D eigenvalue weighted by Crippen LogP contribution is 2.24. The molecular weight excluding hydrogens is 436 g/mol. The monoisotopic (exact) mass is 458 g/mol. The summed E-state index contributed by atoms with van der Waals surface area (Å²) in [5.41, 5.74) is 7.11. The standard InChI is InChI=1S/C27H22N8/c1-16-8-20(28)9-18(12-32-16)19-10-23-25(33-13-19)14-30-15-34-26(23)24-11-22-21(4-7-31-27(22)35-24)17-2-5-29-6-3-17/h2-13,15,28-29H,14H2,1H3,(H,30,34)(H,31,35)/b26-24-,28-20?. The molecule has 0 fully saturated rings. The summed E-state index contributed by atoms with van der Waals surface area (Å²) in [6, 6.07) is 9.77. The van der Waals surface area contributed by atoms with Crippen LogP contribution in [0.4, 0.5) is 0 Å². The van der Waals surface area contributed by atoms with Crippen molar-refractivity contribution >= 4 is 28.6 Å². The van der Waals surface area contributed by atoms with E-state index in [0.717, 1.165) is 60.9 Å². The Hall–Kier alpha value is -4.85. The number of dihydropyridines is 1. The topological polar surface area (TPSA) is 115 Å². The zero-order valence-corrected chi connectivity index (χ0v) is 19.0. The molecule has 0 unspecified atom stereocenters. The smallest absolute Gasteiger partial charge is 0.138 e. The molecule has 2 aliphatic heterocycles. The second-order valence-electron chi connectivity index (χ2n) is 8.40. The number of nitrogens with one attached hydrogen (secondary N) is 4. The summed E-state index contributed by atoms with van der Waals surface area (Å²) < 4.78 is 0. The molecule has 0 aromatic carbocycles. The first kappa shape index (κ1) is 20.7. The molecule has 0 atom stereocenters. The molecule has 0 saturated carbocycles. The van der Waals surface area contributed by atoms with Crippen molar-refractivity contribution in [2.45, 2.75) is 13.5 Å². The molecular formula is C27H22N8. The number of rotatable bonds is 1. The molecule has 0 aliphatic carbocycles. The summed E-state index contributed by atoms with van der Waals surface area (Å²) in [6.07, 6.45) is 15.1. The zero-order chi connectivity index (χ0) is 23.8. The Labute approximate surface area is 200 Å². The molecule has 0 radical (unpaired) electrons. The lowest BCUT2D eigenvalue weighted by atomic mass is 10.0. The van der Waals surface area contributed by atoms with Gasteiger partial charge in [-0.3, -0.25) is 15.0 Å². The molecule has 6 heterocycles. The Morgan fingerprint density at radius 1 is 0.943 bits per heavy atom. The van der Waals surface area contributed by atoms with Crippen molar-refractivity contribution in [1.82, 2.24) is 30.6 Å². The maximum absolute atomic E-state index is 8.18. The lowest BCUT2D eigenvalue weighted by Gasteiger charge is -2.10. The van der Waals surface area contributed by atoms with Gasteiger partial charge in [-0.15, -0.1) is 0 Å². The lowest BCUT2D eigenvalue weighted by molar-refractivity contribution is 0.993. The summed E-state index contributed by atoms with van der Waals surface area (Å²) in [4.78, 5) is 21.7. The van der Waals surface area contributed by atoms with Crippen LogP contribution in [0, 0.1) is 12.3 Å². The van der Waals surface area contributed by atoms with E-state index in [1.807, 2.05) is 49.9 Å². The van der Waals surface area contributed by atoms with E-state index in [0.29, 0.717) is 11.9 Å². The van der Waals surface area contributed by atoms with Gasteiger partial charge in [0.2, 0.25) is 0 Å². The Balaban J connectivity index is 1.60. The highest BCUT2D eigenvalue weighted by molar-refractivity contribution is 5.86. The molecule has 4 aromatic rings. The molecule has 0 spiro atoms. The quantitative estimate of drug-likeness (QED) is 0.348. The molecule has 0 amide bonds. The van der Waals surface area contributed by atoms with Gasteiger partial charge < -0.3 is 21.0 Å². The predicted molar refractivity (Wildman–Crippen MR) is 136 cm³/mol. The van der Waals surface area contributed by atoms with Crippen molar-refractivity contribution in [1.29, 1.82) is 5.41 Å². The second kappa shape index (κ2) is 8.49. The van der Waals surface area contributed by atoms with Gasteiger partial charge in [-0.1, -0.05) is 0 Å². The van der Waals surface area contributed by atoms with E-state index in [2.05, 4.69) is 42.7 Å². The van der Waals surface area contributed by atoms with Crippen LogP contribution in [0.2, 0.25) is 0 Å². The fraction of sp³-hybridized carbons (Fsp3) is 0.0741. The third kappa shape index (κ3) is 3.91. The van der Waals surface area contributed by atoms with E-state index in [4.69, 9.17) is 10.4 Å². The van der Waals surface area contributed by atoms with Gasteiger partial charge in [0.05, 0.1) is 35.0 Å². The normalized spacial score (nSPS) is 16.0. The number of aromatic nitrogens is 4. The number of pyridine rings is 2. The third-order valence-corrected chi connectivity index (χ3v) is 6.03. The first-order valence-corrected chi connectivity index (χ1v) is 11.2. The van der Waals surface area contributed by atoms with Crippen LogP contribution in [0.1, 0.15) is 17.0 Å². The summed E-state index contributed by atoms with van der Waals surface area (Å²) >= 11 is 0. The predicted octanol–water partition coefficient (Wildman–Crippen LogP) is 1.88. The number of fused-ring (bicyclic) bond motifs is 2. The summed E-state index contributed by atoms with van der Waals surface area (Å²) in [5, 5.41) is 18.0. The Morgan fingerprint density at radius 2 is 1.77 bits per heavy atom.